The topological polar surface area (TPSA) is 58.2 Å². The summed E-state index contributed by atoms with van der Waals surface area (Å²) in [5, 5.41) is 9.72. The van der Waals surface area contributed by atoms with Gasteiger partial charge in [-0.25, -0.2) is 0 Å². The van der Waals surface area contributed by atoms with Gasteiger partial charge in [-0.2, -0.15) is 0 Å². The highest BCUT2D eigenvalue weighted by Gasteiger charge is 2.05. The zero-order valence-corrected chi connectivity index (χ0v) is 15.4. The van der Waals surface area contributed by atoms with E-state index in [0.29, 0.717) is 0 Å². The minimum absolute atomic E-state index is 0.0338. The van der Waals surface area contributed by atoms with Gasteiger partial charge in [0.15, 0.2) is 0 Å². The zero-order chi connectivity index (χ0) is 17.0. The summed E-state index contributed by atoms with van der Waals surface area (Å²) < 4.78 is 0. The fourth-order valence-corrected chi connectivity index (χ4v) is 3.63. The number of unbranched alkanes of at least 4 members (excludes halogenated alkanes) is 5. The molecule has 6 heteroatoms. The van der Waals surface area contributed by atoms with Crippen LogP contribution in [-0.4, -0.2) is 24.9 Å². The molecular formula is C18H24N2O2S2. The number of nitrogens with one attached hydrogen (secondary N) is 2. The first-order chi connectivity index (χ1) is 11.8. The summed E-state index contributed by atoms with van der Waals surface area (Å²) in [6.45, 7) is 1.49. The van der Waals surface area contributed by atoms with E-state index in [4.69, 9.17) is 0 Å². The van der Waals surface area contributed by atoms with Gasteiger partial charge in [0, 0.05) is 13.1 Å². The third kappa shape index (κ3) is 6.84. The molecule has 0 fully saturated rings. The summed E-state index contributed by atoms with van der Waals surface area (Å²) in [4.78, 5) is 25.0. The molecule has 0 bridgehead atoms. The van der Waals surface area contributed by atoms with Crippen molar-refractivity contribution < 1.29 is 9.59 Å². The van der Waals surface area contributed by atoms with Crippen LogP contribution in [0.15, 0.2) is 35.0 Å². The average molecular weight is 365 g/mol. The Bertz CT molecular complexity index is 540. The largest absolute Gasteiger partial charge is 0.351 e. The SMILES string of the molecule is O=C(NCCCCCCCCNC(=O)c1cccs1)c1cccs1. The summed E-state index contributed by atoms with van der Waals surface area (Å²) >= 11 is 2.94. The smallest absolute Gasteiger partial charge is 0.261 e. The van der Waals surface area contributed by atoms with Gasteiger partial charge in [0.25, 0.3) is 11.8 Å². The summed E-state index contributed by atoms with van der Waals surface area (Å²) in [5.74, 6) is 0.0676. The maximum absolute atomic E-state index is 11.7. The van der Waals surface area contributed by atoms with Crippen molar-refractivity contribution in [3.05, 3.63) is 44.8 Å². The van der Waals surface area contributed by atoms with Crippen LogP contribution in [0.2, 0.25) is 0 Å². The monoisotopic (exact) mass is 364 g/mol. The van der Waals surface area contributed by atoms with E-state index in [1.54, 1.807) is 0 Å². The fourth-order valence-electron chi connectivity index (χ4n) is 2.35. The Morgan fingerprint density at radius 2 is 1.12 bits per heavy atom. The maximum atomic E-state index is 11.7. The number of amides is 2. The maximum Gasteiger partial charge on any atom is 0.261 e. The number of hydrogen-bond donors (Lipinski definition) is 2. The highest BCUT2D eigenvalue weighted by Crippen LogP contribution is 2.09. The number of rotatable bonds is 11. The molecule has 0 saturated heterocycles. The van der Waals surface area contributed by atoms with Crippen molar-refractivity contribution >= 4 is 34.5 Å². The third-order valence-electron chi connectivity index (χ3n) is 3.66. The number of carbonyl (C=O) groups is 2. The predicted octanol–water partition coefficient (Wildman–Crippen LogP) is 4.31. The van der Waals surface area contributed by atoms with Crippen LogP contribution in [0.3, 0.4) is 0 Å². The van der Waals surface area contributed by atoms with E-state index < -0.39 is 0 Å². The normalized spacial score (nSPS) is 10.5. The van der Waals surface area contributed by atoms with E-state index in [1.807, 2.05) is 35.0 Å². The van der Waals surface area contributed by atoms with Crippen LogP contribution >= 0.6 is 22.7 Å². The lowest BCUT2D eigenvalue weighted by atomic mass is 10.1. The second-order valence-electron chi connectivity index (χ2n) is 5.59. The Labute approximate surface area is 151 Å². The fraction of sp³-hybridized carbons (Fsp3) is 0.444. The Morgan fingerprint density at radius 3 is 1.50 bits per heavy atom. The molecule has 0 aliphatic rings. The number of carbonyl (C=O) groups excluding carboxylic acids is 2. The molecule has 0 unspecified atom stereocenters. The van der Waals surface area contributed by atoms with Crippen LogP contribution in [-0.2, 0) is 0 Å². The van der Waals surface area contributed by atoms with Crippen molar-refractivity contribution in [1.29, 1.82) is 0 Å². The highest BCUT2D eigenvalue weighted by molar-refractivity contribution is 7.12. The van der Waals surface area contributed by atoms with Crippen LogP contribution in [0.4, 0.5) is 0 Å². The van der Waals surface area contributed by atoms with Gasteiger partial charge in [0.05, 0.1) is 9.75 Å². The van der Waals surface area contributed by atoms with Gasteiger partial charge in [0.1, 0.15) is 0 Å². The number of thiophene rings is 2. The van der Waals surface area contributed by atoms with Crippen LogP contribution in [0.5, 0.6) is 0 Å². The lowest BCUT2D eigenvalue weighted by Gasteiger charge is -2.05. The Hall–Kier alpha value is -1.66. The molecule has 2 aromatic heterocycles. The quantitative estimate of drug-likeness (QED) is 0.584. The molecule has 0 spiro atoms. The molecule has 2 N–H and O–H groups in total. The Kier molecular flexibility index (Phi) is 8.55. The molecular weight excluding hydrogens is 340 g/mol. The molecule has 4 nitrogen and oxygen atoms in total. The van der Waals surface area contributed by atoms with Crippen molar-refractivity contribution in [2.75, 3.05) is 13.1 Å². The first-order valence-electron chi connectivity index (χ1n) is 8.41. The standard InChI is InChI=1S/C18H24N2O2S2/c21-17(15-9-7-13-23-15)19-11-5-3-1-2-4-6-12-20-18(22)16-10-8-14-24-16/h7-10,13-14H,1-6,11-12H2,(H,19,21)(H,20,22). The van der Waals surface area contributed by atoms with Crippen molar-refractivity contribution in [2.24, 2.45) is 0 Å². The zero-order valence-electron chi connectivity index (χ0n) is 13.8. The molecule has 2 aromatic rings. The summed E-state index contributed by atoms with van der Waals surface area (Å²) in [5.41, 5.74) is 0. The molecule has 2 heterocycles. The van der Waals surface area contributed by atoms with Gasteiger partial charge in [-0.3, -0.25) is 9.59 Å². The molecule has 0 aliphatic heterocycles. The van der Waals surface area contributed by atoms with Gasteiger partial charge in [-0.05, 0) is 35.7 Å². The van der Waals surface area contributed by atoms with Crippen molar-refractivity contribution in [3.63, 3.8) is 0 Å². The van der Waals surface area contributed by atoms with Crippen LogP contribution in [0, 0.1) is 0 Å². The molecule has 2 amide bonds. The van der Waals surface area contributed by atoms with E-state index in [1.165, 1.54) is 35.5 Å². The van der Waals surface area contributed by atoms with E-state index in [9.17, 15) is 9.59 Å². The molecule has 24 heavy (non-hydrogen) atoms. The minimum Gasteiger partial charge on any atom is -0.351 e. The van der Waals surface area contributed by atoms with Gasteiger partial charge < -0.3 is 10.6 Å². The molecule has 0 radical (unpaired) electrons. The summed E-state index contributed by atoms with van der Waals surface area (Å²) in [7, 11) is 0. The van der Waals surface area contributed by atoms with Gasteiger partial charge >= 0.3 is 0 Å². The number of hydrogen-bond acceptors (Lipinski definition) is 4. The van der Waals surface area contributed by atoms with E-state index >= 15 is 0 Å². The summed E-state index contributed by atoms with van der Waals surface area (Å²) in [6, 6.07) is 7.47. The van der Waals surface area contributed by atoms with E-state index in [0.717, 1.165) is 48.5 Å². The van der Waals surface area contributed by atoms with E-state index in [2.05, 4.69) is 10.6 Å². The van der Waals surface area contributed by atoms with E-state index in [-0.39, 0.29) is 11.8 Å². The third-order valence-corrected chi connectivity index (χ3v) is 5.40. The molecule has 2 rings (SSSR count). The van der Waals surface area contributed by atoms with Gasteiger partial charge in [0.2, 0.25) is 0 Å². The van der Waals surface area contributed by atoms with Gasteiger partial charge in [-0.1, -0.05) is 37.8 Å². The highest BCUT2D eigenvalue weighted by atomic mass is 32.1. The minimum atomic E-state index is 0.0338. The summed E-state index contributed by atoms with van der Waals surface area (Å²) in [6.07, 6.45) is 6.65. The Morgan fingerprint density at radius 1 is 0.708 bits per heavy atom. The molecule has 0 aromatic carbocycles. The molecule has 130 valence electrons. The van der Waals surface area contributed by atoms with Crippen molar-refractivity contribution in [3.8, 4) is 0 Å². The second kappa shape index (κ2) is 11.0. The second-order valence-corrected chi connectivity index (χ2v) is 7.48. The lowest BCUT2D eigenvalue weighted by molar-refractivity contribution is 0.0948. The van der Waals surface area contributed by atoms with Crippen molar-refractivity contribution in [2.45, 2.75) is 38.5 Å². The molecule has 0 aliphatic carbocycles. The van der Waals surface area contributed by atoms with Crippen LogP contribution < -0.4 is 10.6 Å². The molecule has 0 atom stereocenters. The molecule has 0 saturated carbocycles. The van der Waals surface area contributed by atoms with Crippen LogP contribution in [0.25, 0.3) is 0 Å². The average Bonchev–Trinajstić information content (AvgIpc) is 3.29. The first kappa shape index (κ1) is 18.7. The predicted molar refractivity (Wildman–Crippen MR) is 101 cm³/mol. The van der Waals surface area contributed by atoms with Crippen LogP contribution in [0.1, 0.15) is 57.9 Å². The lowest BCUT2D eigenvalue weighted by Crippen LogP contribution is -2.23. The van der Waals surface area contributed by atoms with Crippen molar-refractivity contribution in [1.82, 2.24) is 10.6 Å². The Balaban J connectivity index is 1.38. The van der Waals surface area contributed by atoms with Gasteiger partial charge in [-0.15, -0.1) is 22.7 Å². The first-order valence-corrected chi connectivity index (χ1v) is 10.2.